The summed E-state index contributed by atoms with van der Waals surface area (Å²) in [4.78, 5) is 15.3. The number of hydrogen-bond donors (Lipinski definition) is 0. The lowest BCUT2D eigenvalue weighted by atomic mass is 10.1. The molecule has 1 aromatic carbocycles. The first-order valence-electron chi connectivity index (χ1n) is 8.16. The molecule has 1 aliphatic rings. The van der Waals surface area contributed by atoms with Crippen LogP contribution in [0, 0.1) is 5.92 Å². The first kappa shape index (κ1) is 17.9. The predicted molar refractivity (Wildman–Crippen MR) is 91.2 cm³/mol. The summed E-state index contributed by atoms with van der Waals surface area (Å²) >= 11 is 3.51. The van der Waals surface area contributed by atoms with Gasteiger partial charge in [-0.15, -0.1) is 5.10 Å². The number of halogens is 4. The molecule has 0 amide bonds. The SMILES string of the molecule is O=C(O[n+]1cccc(-c2ccc3c(nnn3CC3CC3)c2Br)c1)C(F)(F)F. The minimum absolute atomic E-state index is 0.554. The van der Waals surface area contributed by atoms with Crippen LogP contribution in [-0.4, -0.2) is 27.1 Å². The number of carbonyl (C=O) groups excluding carboxylic acids is 1. The number of aromatic nitrogens is 4. The fourth-order valence-electron chi connectivity index (χ4n) is 2.73. The molecule has 0 radical (unpaired) electrons. The van der Waals surface area contributed by atoms with Gasteiger partial charge in [-0.2, -0.15) is 18.0 Å². The fraction of sp³-hybridized carbons (Fsp3) is 0.294. The quantitative estimate of drug-likeness (QED) is 0.583. The van der Waals surface area contributed by atoms with E-state index in [-0.39, 0.29) is 0 Å². The van der Waals surface area contributed by atoms with Crippen LogP contribution in [-0.2, 0) is 11.3 Å². The van der Waals surface area contributed by atoms with Crippen molar-refractivity contribution in [1.82, 2.24) is 15.0 Å². The molecule has 0 atom stereocenters. The number of carbonyl (C=O) groups is 1. The molecule has 0 spiro atoms. The van der Waals surface area contributed by atoms with Gasteiger partial charge in [0.15, 0.2) is 0 Å². The molecule has 10 heteroatoms. The number of nitrogens with zero attached hydrogens (tertiary/aromatic N) is 4. The molecule has 27 heavy (non-hydrogen) atoms. The smallest absolute Gasteiger partial charge is 0.244 e. The van der Waals surface area contributed by atoms with Crippen LogP contribution in [0.1, 0.15) is 12.8 Å². The molecule has 1 aliphatic carbocycles. The van der Waals surface area contributed by atoms with E-state index in [4.69, 9.17) is 0 Å². The van der Waals surface area contributed by atoms with Gasteiger partial charge in [-0.3, -0.25) is 0 Å². The van der Waals surface area contributed by atoms with E-state index in [2.05, 4.69) is 31.1 Å². The maximum absolute atomic E-state index is 12.4. The van der Waals surface area contributed by atoms with Crippen LogP contribution in [0.2, 0.25) is 0 Å². The van der Waals surface area contributed by atoms with Gasteiger partial charge in [0.1, 0.15) is 5.52 Å². The summed E-state index contributed by atoms with van der Waals surface area (Å²) in [5.41, 5.74) is 2.79. The lowest BCUT2D eigenvalue weighted by Gasteiger charge is -2.06. The molecule has 0 aliphatic heterocycles. The molecule has 2 heterocycles. The Morgan fingerprint density at radius 3 is 2.81 bits per heavy atom. The third-order valence-electron chi connectivity index (χ3n) is 4.26. The van der Waals surface area contributed by atoms with Crippen molar-refractivity contribution < 1.29 is 27.5 Å². The predicted octanol–water partition coefficient (Wildman–Crippen LogP) is 3.08. The lowest BCUT2D eigenvalue weighted by molar-refractivity contribution is -0.870. The third-order valence-corrected chi connectivity index (χ3v) is 5.06. The Bertz CT molecular complexity index is 1030. The average molecular weight is 442 g/mol. The maximum Gasteiger partial charge on any atom is 0.498 e. The highest BCUT2D eigenvalue weighted by Gasteiger charge is 2.44. The Hall–Kier alpha value is -2.49. The number of hydrogen-bond acceptors (Lipinski definition) is 4. The van der Waals surface area contributed by atoms with E-state index in [9.17, 15) is 18.0 Å². The first-order valence-corrected chi connectivity index (χ1v) is 8.95. The van der Waals surface area contributed by atoms with Crippen LogP contribution in [0.5, 0.6) is 0 Å². The number of pyridine rings is 1. The Labute approximate surface area is 159 Å². The topological polar surface area (TPSA) is 60.9 Å². The normalized spacial score (nSPS) is 14.5. The molecule has 0 saturated heterocycles. The minimum atomic E-state index is -5.07. The number of fused-ring (bicyclic) bond motifs is 1. The van der Waals surface area contributed by atoms with Crippen molar-refractivity contribution in [2.24, 2.45) is 5.92 Å². The van der Waals surface area contributed by atoms with Gasteiger partial charge in [-0.1, -0.05) is 11.3 Å². The number of rotatable bonds is 4. The molecule has 6 nitrogen and oxygen atoms in total. The van der Waals surface area contributed by atoms with Gasteiger partial charge in [-0.05, 0) is 46.8 Å². The van der Waals surface area contributed by atoms with Crippen LogP contribution in [0.4, 0.5) is 13.2 Å². The molecular weight excluding hydrogens is 429 g/mol. The van der Waals surface area contributed by atoms with E-state index in [1.54, 1.807) is 6.07 Å². The van der Waals surface area contributed by atoms with Crippen LogP contribution in [0.3, 0.4) is 0 Å². The van der Waals surface area contributed by atoms with Gasteiger partial charge in [0.05, 0.1) is 15.6 Å². The Morgan fingerprint density at radius 2 is 2.11 bits per heavy atom. The summed E-state index contributed by atoms with van der Waals surface area (Å²) in [6.07, 6.45) is -0.166. The Morgan fingerprint density at radius 1 is 1.33 bits per heavy atom. The molecule has 0 bridgehead atoms. The zero-order chi connectivity index (χ0) is 19.2. The van der Waals surface area contributed by atoms with E-state index in [1.165, 1.54) is 31.3 Å². The number of alkyl halides is 3. The largest absolute Gasteiger partial charge is 0.498 e. The molecule has 140 valence electrons. The Balaban J connectivity index is 1.67. The van der Waals surface area contributed by atoms with Crippen molar-refractivity contribution >= 4 is 32.9 Å². The second-order valence-corrected chi connectivity index (χ2v) is 7.13. The van der Waals surface area contributed by atoms with Crippen molar-refractivity contribution in [2.75, 3.05) is 0 Å². The molecule has 1 saturated carbocycles. The zero-order valence-corrected chi connectivity index (χ0v) is 15.4. The summed E-state index contributed by atoms with van der Waals surface area (Å²) in [7, 11) is 0. The van der Waals surface area contributed by atoms with Crippen molar-refractivity contribution in [3.63, 3.8) is 0 Å². The minimum Gasteiger partial charge on any atom is -0.244 e. The molecule has 4 rings (SSSR count). The van der Waals surface area contributed by atoms with E-state index in [1.807, 2.05) is 16.8 Å². The van der Waals surface area contributed by atoms with E-state index < -0.39 is 12.1 Å². The van der Waals surface area contributed by atoms with E-state index in [0.717, 1.165) is 16.8 Å². The molecule has 0 unspecified atom stereocenters. The molecule has 2 aromatic heterocycles. The second kappa shape index (κ2) is 6.59. The van der Waals surface area contributed by atoms with E-state index >= 15 is 0 Å². The van der Waals surface area contributed by atoms with Gasteiger partial charge < -0.3 is 0 Å². The summed E-state index contributed by atoms with van der Waals surface area (Å²) in [6.45, 7) is 0.820. The highest BCUT2D eigenvalue weighted by Crippen LogP contribution is 2.35. The van der Waals surface area contributed by atoms with Crippen LogP contribution >= 0.6 is 15.9 Å². The van der Waals surface area contributed by atoms with Crippen LogP contribution < -0.4 is 9.57 Å². The fourth-order valence-corrected chi connectivity index (χ4v) is 3.37. The van der Waals surface area contributed by atoms with Crippen LogP contribution in [0.25, 0.3) is 22.2 Å². The summed E-state index contributed by atoms with van der Waals surface area (Å²) in [5, 5.41) is 8.41. The highest BCUT2D eigenvalue weighted by atomic mass is 79.9. The summed E-state index contributed by atoms with van der Waals surface area (Å²) in [6, 6.07) is 6.87. The monoisotopic (exact) mass is 441 g/mol. The van der Waals surface area contributed by atoms with Crippen molar-refractivity contribution in [1.29, 1.82) is 0 Å². The standard InChI is InChI=1S/C17H13BrF3N4O2/c18-14-12(5-6-13-15(14)22-23-25(13)8-10-3-4-10)11-2-1-7-24(9-11)27-16(26)17(19,20)21/h1-2,5-7,9-10H,3-4,8H2/q+1. The van der Waals surface area contributed by atoms with Gasteiger partial charge >= 0.3 is 12.1 Å². The van der Waals surface area contributed by atoms with Gasteiger partial charge in [0, 0.05) is 22.9 Å². The van der Waals surface area contributed by atoms with E-state index in [0.29, 0.717) is 27.0 Å². The molecule has 3 aromatic rings. The summed E-state index contributed by atoms with van der Waals surface area (Å²) in [5.74, 6) is -1.65. The average Bonchev–Trinajstić information content (AvgIpc) is 3.33. The van der Waals surface area contributed by atoms with Crippen molar-refractivity contribution in [3.05, 3.63) is 41.1 Å². The molecular formula is C17H13BrF3N4O2+. The van der Waals surface area contributed by atoms with Gasteiger partial charge in [-0.25, -0.2) is 9.48 Å². The van der Waals surface area contributed by atoms with Crippen molar-refractivity contribution in [2.45, 2.75) is 25.6 Å². The second-order valence-electron chi connectivity index (χ2n) is 6.34. The third kappa shape index (κ3) is 3.66. The van der Waals surface area contributed by atoms with Gasteiger partial charge in [0.25, 0.3) is 0 Å². The molecule has 1 fully saturated rings. The number of benzene rings is 1. The first-order chi connectivity index (χ1) is 12.8. The lowest BCUT2D eigenvalue weighted by Crippen LogP contribution is -2.49. The van der Waals surface area contributed by atoms with Gasteiger partial charge in [0.2, 0.25) is 12.4 Å². The highest BCUT2D eigenvalue weighted by molar-refractivity contribution is 9.10. The molecule has 0 N–H and O–H groups in total. The zero-order valence-electron chi connectivity index (χ0n) is 13.8. The van der Waals surface area contributed by atoms with Crippen LogP contribution in [0.15, 0.2) is 41.1 Å². The Kier molecular flexibility index (Phi) is 4.37. The maximum atomic E-state index is 12.4. The van der Waals surface area contributed by atoms with Crippen molar-refractivity contribution in [3.8, 4) is 11.1 Å². The summed E-state index contributed by atoms with van der Waals surface area (Å²) < 4.78 is 40.4.